The number of nitrogens with zero attached hydrogens (tertiary/aromatic N) is 3. The molecule has 0 atom stereocenters. The van der Waals surface area contributed by atoms with Crippen molar-refractivity contribution >= 4 is 17.3 Å². The van der Waals surface area contributed by atoms with Crippen molar-refractivity contribution in [2.75, 3.05) is 19.6 Å². The molecular weight excluding hydrogens is 354 g/mol. The molecule has 1 aromatic carbocycles. The summed E-state index contributed by atoms with van der Waals surface area (Å²) < 4.78 is 0. The smallest absolute Gasteiger partial charge is 0.191 e. The average Bonchev–Trinajstić information content (AvgIpc) is 3.17. The molecule has 1 aliphatic rings. The monoisotopic (exact) mass is 385 g/mol. The minimum atomic E-state index is 0.483. The van der Waals surface area contributed by atoms with Gasteiger partial charge in [0, 0.05) is 37.6 Å². The first kappa shape index (κ1) is 19.8. The van der Waals surface area contributed by atoms with Crippen LogP contribution >= 0.6 is 11.3 Å². The van der Waals surface area contributed by atoms with E-state index in [-0.39, 0.29) is 0 Å². The van der Waals surface area contributed by atoms with Crippen LogP contribution in [0.3, 0.4) is 0 Å². The van der Waals surface area contributed by atoms with E-state index in [4.69, 9.17) is 4.99 Å². The first-order valence-corrected chi connectivity index (χ1v) is 10.9. The molecule has 0 aliphatic carbocycles. The summed E-state index contributed by atoms with van der Waals surface area (Å²) in [5.74, 6) is 0.907. The molecule has 0 saturated carbocycles. The van der Waals surface area contributed by atoms with Crippen LogP contribution in [-0.2, 0) is 19.5 Å². The first-order valence-electron chi connectivity index (χ1n) is 10.0. The minimum Gasteiger partial charge on any atom is -0.357 e. The van der Waals surface area contributed by atoms with Gasteiger partial charge in [-0.3, -0.25) is 4.90 Å². The molecule has 0 bridgehead atoms. The normalized spacial score (nSPS) is 16.4. The third-order valence-corrected chi connectivity index (χ3v) is 5.86. The largest absolute Gasteiger partial charge is 0.357 e. The maximum absolute atomic E-state index is 4.74. The van der Waals surface area contributed by atoms with Gasteiger partial charge in [-0.25, -0.2) is 9.98 Å². The summed E-state index contributed by atoms with van der Waals surface area (Å²) in [6.45, 7) is 9.05. The van der Waals surface area contributed by atoms with Crippen LogP contribution in [0, 0.1) is 0 Å². The molecule has 0 unspecified atom stereocenters. The van der Waals surface area contributed by atoms with E-state index in [2.05, 4.69) is 70.1 Å². The summed E-state index contributed by atoms with van der Waals surface area (Å²) in [5, 5.41) is 10.3. The highest BCUT2D eigenvalue weighted by Gasteiger charge is 2.20. The molecule has 2 aromatic rings. The maximum Gasteiger partial charge on any atom is 0.191 e. The number of aryl methyl sites for hydroxylation is 1. The predicted molar refractivity (Wildman–Crippen MR) is 114 cm³/mol. The second kappa shape index (κ2) is 10.4. The molecule has 1 fully saturated rings. The lowest BCUT2D eigenvalue weighted by molar-refractivity contribution is 0.198. The predicted octanol–water partition coefficient (Wildman–Crippen LogP) is 3.43. The SMILES string of the molecule is CCNC(=NCc1csc(CC)n1)NC1CCN(Cc2ccccc2)CC1. The Labute approximate surface area is 166 Å². The number of nitrogens with one attached hydrogen (secondary N) is 2. The van der Waals surface area contributed by atoms with Gasteiger partial charge in [0.15, 0.2) is 5.96 Å². The Kier molecular flexibility index (Phi) is 7.66. The number of guanidine groups is 1. The maximum atomic E-state index is 4.74. The zero-order valence-corrected chi connectivity index (χ0v) is 17.3. The van der Waals surface area contributed by atoms with Crippen LogP contribution in [0.4, 0.5) is 0 Å². The third-order valence-electron chi connectivity index (χ3n) is 4.82. The molecular formula is C21H31N5S. The van der Waals surface area contributed by atoms with Crippen molar-refractivity contribution in [2.45, 2.75) is 52.2 Å². The van der Waals surface area contributed by atoms with Crippen molar-refractivity contribution in [3.63, 3.8) is 0 Å². The van der Waals surface area contributed by atoms with E-state index in [1.54, 1.807) is 11.3 Å². The van der Waals surface area contributed by atoms with Crippen LogP contribution < -0.4 is 10.6 Å². The van der Waals surface area contributed by atoms with Crippen LogP contribution in [-0.4, -0.2) is 41.5 Å². The van der Waals surface area contributed by atoms with Crippen molar-refractivity contribution in [2.24, 2.45) is 4.99 Å². The number of rotatable bonds is 7. The van der Waals surface area contributed by atoms with Gasteiger partial charge < -0.3 is 10.6 Å². The van der Waals surface area contributed by atoms with Crippen molar-refractivity contribution in [1.82, 2.24) is 20.5 Å². The summed E-state index contributed by atoms with van der Waals surface area (Å²) in [4.78, 5) is 11.9. The summed E-state index contributed by atoms with van der Waals surface area (Å²) in [6, 6.07) is 11.2. The van der Waals surface area contributed by atoms with Crippen LogP contribution in [0.2, 0.25) is 0 Å². The molecule has 146 valence electrons. The van der Waals surface area contributed by atoms with Gasteiger partial charge in [-0.05, 0) is 31.7 Å². The van der Waals surface area contributed by atoms with Gasteiger partial charge in [-0.1, -0.05) is 37.3 Å². The van der Waals surface area contributed by atoms with Gasteiger partial charge in [-0.15, -0.1) is 11.3 Å². The number of hydrogen-bond acceptors (Lipinski definition) is 4. The molecule has 1 saturated heterocycles. The van der Waals surface area contributed by atoms with Crippen molar-refractivity contribution in [1.29, 1.82) is 0 Å². The highest BCUT2D eigenvalue weighted by Crippen LogP contribution is 2.14. The topological polar surface area (TPSA) is 52.6 Å². The Morgan fingerprint density at radius 2 is 2.00 bits per heavy atom. The number of likely N-dealkylation sites (tertiary alicyclic amines) is 1. The molecule has 2 heterocycles. The van der Waals surface area contributed by atoms with Gasteiger partial charge in [0.2, 0.25) is 0 Å². The van der Waals surface area contributed by atoms with Crippen molar-refractivity contribution in [3.05, 3.63) is 52.0 Å². The number of aliphatic imine (C=N–C) groups is 1. The molecule has 2 N–H and O–H groups in total. The van der Waals surface area contributed by atoms with Gasteiger partial charge in [0.05, 0.1) is 17.2 Å². The Morgan fingerprint density at radius 1 is 1.22 bits per heavy atom. The number of hydrogen-bond donors (Lipinski definition) is 2. The highest BCUT2D eigenvalue weighted by atomic mass is 32.1. The molecule has 6 heteroatoms. The lowest BCUT2D eigenvalue weighted by Crippen LogP contribution is -2.48. The Bertz CT molecular complexity index is 704. The number of benzene rings is 1. The van der Waals surface area contributed by atoms with Crippen molar-refractivity contribution in [3.8, 4) is 0 Å². The zero-order chi connectivity index (χ0) is 18.9. The minimum absolute atomic E-state index is 0.483. The number of thiazole rings is 1. The Hall–Kier alpha value is -1.92. The molecule has 0 amide bonds. The lowest BCUT2D eigenvalue weighted by atomic mass is 10.0. The highest BCUT2D eigenvalue weighted by molar-refractivity contribution is 7.09. The van der Waals surface area contributed by atoms with Crippen LogP contribution in [0.15, 0.2) is 40.7 Å². The van der Waals surface area contributed by atoms with Gasteiger partial charge in [-0.2, -0.15) is 0 Å². The van der Waals surface area contributed by atoms with Crippen LogP contribution in [0.25, 0.3) is 0 Å². The lowest BCUT2D eigenvalue weighted by Gasteiger charge is -2.33. The van der Waals surface area contributed by atoms with E-state index in [0.717, 1.165) is 57.1 Å². The zero-order valence-electron chi connectivity index (χ0n) is 16.4. The molecule has 1 aliphatic heterocycles. The van der Waals surface area contributed by atoms with E-state index in [1.807, 2.05) is 0 Å². The second-order valence-electron chi connectivity index (χ2n) is 6.96. The van der Waals surface area contributed by atoms with Gasteiger partial charge in [0.25, 0.3) is 0 Å². The molecule has 0 spiro atoms. The van der Waals surface area contributed by atoms with Gasteiger partial charge in [0.1, 0.15) is 0 Å². The summed E-state index contributed by atoms with van der Waals surface area (Å²) >= 11 is 1.72. The number of aromatic nitrogens is 1. The summed E-state index contributed by atoms with van der Waals surface area (Å²) in [7, 11) is 0. The molecule has 27 heavy (non-hydrogen) atoms. The molecule has 1 aromatic heterocycles. The number of piperidine rings is 1. The quantitative estimate of drug-likeness (QED) is 0.566. The van der Waals surface area contributed by atoms with Crippen molar-refractivity contribution < 1.29 is 0 Å². The van der Waals surface area contributed by atoms with Crippen LogP contribution in [0.5, 0.6) is 0 Å². The van der Waals surface area contributed by atoms with E-state index in [1.165, 1.54) is 10.6 Å². The fourth-order valence-electron chi connectivity index (χ4n) is 3.33. The Balaban J connectivity index is 1.48. The molecule has 3 rings (SSSR count). The molecule has 0 radical (unpaired) electrons. The van der Waals surface area contributed by atoms with E-state index < -0.39 is 0 Å². The van der Waals surface area contributed by atoms with E-state index in [9.17, 15) is 0 Å². The standard InChI is InChI=1S/C21H31N5S/c1-3-20-24-19(16-27-20)14-23-21(22-4-2)25-18-10-12-26(13-11-18)15-17-8-6-5-7-9-17/h5-9,16,18H,3-4,10-15H2,1-2H3,(H2,22,23,25). The summed E-state index contributed by atoms with van der Waals surface area (Å²) in [6.07, 6.45) is 3.29. The molecule has 5 nitrogen and oxygen atoms in total. The fourth-order valence-corrected chi connectivity index (χ4v) is 4.07. The van der Waals surface area contributed by atoms with Crippen LogP contribution in [0.1, 0.15) is 43.0 Å². The second-order valence-corrected chi connectivity index (χ2v) is 7.90. The Morgan fingerprint density at radius 3 is 2.67 bits per heavy atom. The third kappa shape index (κ3) is 6.33. The fraction of sp³-hybridized carbons (Fsp3) is 0.524. The van der Waals surface area contributed by atoms with E-state index >= 15 is 0 Å². The first-order chi connectivity index (χ1) is 13.3. The van der Waals surface area contributed by atoms with E-state index in [0.29, 0.717) is 12.6 Å². The average molecular weight is 386 g/mol. The van der Waals surface area contributed by atoms with Gasteiger partial charge >= 0.3 is 0 Å². The summed E-state index contributed by atoms with van der Waals surface area (Å²) in [5.41, 5.74) is 2.46.